The van der Waals surface area contributed by atoms with Crippen LogP contribution in [0.25, 0.3) is 0 Å². The first-order valence-corrected chi connectivity index (χ1v) is 3.56. The zero-order chi connectivity index (χ0) is 8.27. The van der Waals surface area contributed by atoms with Gasteiger partial charge in [0.1, 0.15) is 11.6 Å². The monoisotopic (exact) mass is 154 g/mol. The maximum absolute atomic E-state index is 12.3. The second kappa shape index (κ2) is 3.32. The summed E-state index contributed by atoms with van der Waals surface area (Å²) in [6.45, 7) is 4.01. The molecule has 1 N–H and O–H groups in total. The normalized spacial score (nSPS) is 10.2. The molecule has 1 rings (SSSR count). The molecule has 1 aromatic rings. The van der Waals surface area contributed by atoms with E-state index in [9.17, 15) is 4.39 Å². The van der Waals surface area contributed by atoms with Gasteiger partial charge in [-0.2, -0.15) is 0 Å². The van der Waals surface area contributed by atoms with Crippen molar-refractivity contribution in [1.82, 2.24) is 4.98 Å². The van der Waals surface area contributed by atoms with Gasteiger partial charge in [-0.1, -0.05) is 0 Å². The number of aromatic nitrogens is 1. The Labute approximate surface area is 65.5 Å². The third-order valence-electron chi connectivity index (χ3n) is 1.16. The van der Waals surface area contributed by atoms with Crippen LogP contribution in [0, 0.1) is 5.82 Å². The predicted octanol–water partition coefficient (Wildman–Crippen LogP) is 2.04. The van der Waals surface area contributed by atoms with E-state index in [0.717, 1.165) is 0 Å². The highest BCUT2D eigenvalue weighted by Crippen LogP contribution is 2.04. The summed E-state index contributed by atoms with van der Waals surface area (Å²) in [4.78, 5) is 3.83. The molecule has 3 heteroatoms. The summed E-state index contributed by atoms with van der Waals surface area (Å²) in [5.41, 5.74) is 0. The van der Waals surface area contributed by atoms with E-state index in [0.29, 0.717) is 11.9 Å². The first-order chi connectivity index (χ1) is 5.18. The SMILES string of the molecule is CC(C)Nc1ccc(F)cn1. The van der Waals surface area contributed by atoms with E-state index in [-0.39, 0.29) is 5.82 Å². The molecule has 0 spiro atoms. The van der Waals surface area contributed by atoms with Crippen LogP contribution in [0.15, 0.2) is 18.3 Å². The van der Waals surface area contributed by atoms with E-state index in [2.05, 4.69) is 10.3 Å². The van der Waals surface area contributed by atoms with Crippen LogP contribution in [-0.4, -0.2) is 11.0 Å². The zero-order valence-electron chi connectivity index (χ0n) is 6.63. The predicted molar refractivity (Wildman–Crippen MR) is 43.0 cm³/mol. The Morgan fingerprint density at radius 2 is 2.18 bits per heavy atom. The van der Waals surface area contributed by atoms with Gasteiger partial charge >= 0.3 is 0 Å². The number of nitrogens with zero attached hydrogens (tertiary/aromatic N) is 1. The van der Waals surface area contributed by atoms with E-state index >= 15 is 0 Å². The highest BCUT2D eigenvalue weighted by molar-refractivity contribution is 5.34. The Morgan fingerprint density at radius 3 is 2.64 bits per heavy atom. The Bertz CT molecular complexity index is 218. The Morgan fingerprint density at radius 1 is 1.45 bits per heavy atom. The summed E-state index contributed by atoms with van der Waals surface area (Å²) in [6.07, 6.45) is 1.20. The second-order valence-electron chi connectivity index (χ2n) is 2.66. The first kappa shape index (κ1) is 7.98. The molecule has 0 aliphatic rings. The van der Waals surface area contributed by atoms with Crippen molar-refractivity contribution in [2.75, 3.05) is 5.32 Å². The lowest BCUT2D eigenvalue weighted by molar-refractivity contribution is 0.621. The van der Waals surface area contributed by atoms with Gasteiger partial charge in [0.15, 0.2) is 0 Å². The molecule has 0 amide bonds. The molecular weight excluding hydrogens is 143 g/mol. The van der Waals surface area contributed by atoms with Crippen LogP contribution in [0.2, 0.25) is 0 Å². The summed E-state index contributed by atoms with van der Waals surface area (Å²) in [5, 5.41) is 3.05. The fraction of sp³-hybridized carbons (Fsp3) is 0.375. The molecule has 0 saturated carbocycles. The molecule has 0 aromatic carbocycles. The van der Waals surface area contributed by atoms with Crippen molar-refractivity contribution in [2.24, 2.45) is 0 Å². The van der Waals surface area contributed by atoms with Crippen molar-refractivity contribution in [2.45, 2.75) is 19.9 Å². The van der Waals surface area contributed by atoms with Gasteiger partial charge in [-0.15, -0.1) is 0 Å². The van der Waals surface area contributed by atoms with Gasteiger partial charge in [-0.25, -0.2) is 9.37 Å². The number of anilines is 1. The summed E-state index contributed by atoms with van der Waals surface area (Å²) in [5.74, 6) is 0.403. The summed E-state index contributed by atoms with van der Waals surface area (Å²) in [6, 6.07) is 3.33. The van der Waals surface area contributed by atoms with E-state index < -0.39 is 0 Å². The maximum atomic E-state index is 12.3. The minimum atomic E-state index is -0.306. The van der Waals surface area contributed by atoms with E-state index in [4.69, 9.17) is 0 Å². The lowest BCUT2D eigenvalue weighted by atomic mass is 10.4. The maximum Gasteiger partial charge on any atom is 0.141 e. The molecule has 0 unspecified atom stereocenters. The number of hydrogen-bond acceptors (Lipinski definition) is 2. The van der Waals surface area contributed by atoms with E-state index in [1.165, 1.54) is 12.3 Å². The van der Waals surface area contributed by atoms with Gasteiger partial charge in [0.2, 0.25) is 0 Å². The van der Waals surface area contributed by atoms with Crippen LogP contribution in [0.4, 0.5) is 10.2 Å². The fourth-order valence-electron chi connectivity index (χ4n) is 0.757. The van der Waals surface area contributed by atoms with Crippen LogP contribution >= 0.6 is 0 Å². The Balaban J connectivity index is 2.66. The Hall–Kier alpha value is -1.12. The minimum absolute atomic E-state index is 0.306. The smallest absolute Gasteiger partial charge is 0.141 e. The molecular formula is C8H11FN2. The van der Waals surface area contributed by atoms with Crippen LogP contribution in [0.1, 0.15) is 13.8 Å². The molecule has 0 radical (unpaired) electrons. The summed E-state index contributed by atoms with van der Waals surface area (Å²) < 4.78 is 12.3. The molecule has 0 fully saturated rings. The van der Waals surface area contributed by atoms with Gasteiger partial charge in [-0.05, 0) is 26.0 Å². The highest BCUT2D eigenvalue weighted by atomic mass is 19.1. The molecule has 0 saturated heterocycles. The van der Waals surface area contributed by atoms with Gasteiger partial charge in [-0.3, -0.25) is 0 Å². The van der Waals surface area contributed by atoms with Gasteiger partial charge in [0.25, 0.3) is 0 Å². The number of rotatable bonds is 2. The quantitative estimate of drug-likeness (QED) is 0.705. The topological polar surface area (TPSA) is 24.9 Å². The van der Waals surface area contributed by atoms with Crippen molar-refractivity contribution in [3.63, 3.8) is 0 Å². The molecule has 1 heterocycles. The summed E-state index contributed by atoms with van der Waals surface area (Å²) in [7, 11) is 0. The highest BCUT2D eigenvalue weighted by Gasteiger charge is 1.95. The number of halogens is 1. The first-order valence-electron chi connectivity index (χ1n) is 3.56. The van der Waals surface area contributed by atoms with E-state index in [1.54, 1.807) is 6.07 Å². The van der Waals surface area contributed by atoms with Crippen molar-refractivity contribution in [1.29, 1.82) is 0 Å². The molecule has 1 aromatic heterocycles. The standard InChI is InChI=1S/C8H11FN2/c1-6(2)11-8-4-3-7(9)5-10-8/h3-6H,1-2H3,(H,10,11). The molecule has 0 bridgehead atoms. The second-order valence-corrected chi connectivity index (χ2v) is 2.66. The average molecular weight is 154 g/mol. The lowest BCUT2D eigenvalue weighted by Crippen LogP contribution is -2.10. The minimum Gasteiger partial charge on any atom is -0.368 e. The third kappa shape index (κ3) is 2.53. The van der Waals surface area contributed by atoms with Crippen molar-refractivity contribution >= 4 is 5.82 Å². The summed E-state index contributed by atoms with van der Waals surface area (Å²) >= 11 is 0. The molecule has 60 valence electrons. The molecule has 0 atom stereocenters. The van der Waals surface area contributed by atoms with Crippen LogP contribution in [0.5, 0.6) is 0 Å². The molecule has 2 nitrogen and oxygen atoms in total. The molecule has 0 aliphatic carbocycles. The van der Waals surface area contributed by atoms with Gasteiger partial charge < -0.3 is 5.32 Å². The molecule has 11 heavy (non-hydrogen) atoms. The van der Waals surface area contributed by atoms with Gasteiger partial charge in [0.05, 0.1) is 6.20 Å². The Kier molecular flexibility index (Phi) is 2.41. The lowest BCUT2D eigenvalue weighted by Gasteiger charge is -2.07. The molecule has 0 aliphatic heterocycles. The average Bonchev–Trinajstić information content (AvgIpc) is 1.93. The van der Waals surface area contributed by atoms with Crippen molar-refractivity contribution in [3.05, 3.63) is 24.1 Å². The largest absolute Gasteiger partial charge is 0.368 e. The van der Waals surface area contributed by atoms with Crippen LogP contribution < -0.4 is 5.32 Å². The zero-order valence-corrected chi connectivity index (χ0v) is 6.63. The van der Waals surface area contributed by atoms with Crippen molar-refractivity contribution < 1.29 is 4.39 Å². The van der Waals surface area contributed by atoms with Gasteiger partial charge in [0, 0.05) is 6.04 Å². The number of nitrogens with one attached hydrogen (secondary N) is 1. The van der Waals surface area contributed by atoms with Crippen LogP contribution in [0.3, 0.4) is 0 Å². The number of pyridine rings is 1. The van der Waals surface area contributed by atoms with E-state index in [1.807, 2.05) is 13.8 Å². The third-order valence-corrected chi connectivity index (χ3v) is 1.16. The van der Waals surface area contributed by atoms with Crippen molar-refractivity contribution in [3.8, 4) is 0 Å². The number of hydrogen-bond donors (Lipinski definition) is 1. The fourth-order valence-corrected chi connectivity index (χ4v) is 0.757. The van der Waals surface area contributed by atoms with Crippen LogP contribution in [-0.2, 0) is 0 Å².